The van der Waals surface area contributed by atoms with Crippen LogP contribution in [-0.2, 0) is 4.74 Å². The molecule has 0 aliphatic carbocycles. The number of hydrogen-bond acceptors (Lipinski definition) is 2. The summed E-state index contributed by atoms with van der Waals surface area (Å²) in [5, 5.41) is 2.80. The van der Waals surface area contributed by atoms with Crippen LogP contribution in [0.2, 0.25) is 0 Å². The number of carbonyl (C=O) groups is 1. The van der Waals surface area contributed by atoms with Crippen molar-refractivity contribution in [1.29, 1.82) is 0 Å². The molecule has 0 aliphatic heterocycles. The lowest BCUT2D eigenvalue weighted by Gasteiger charge is -2.19. The zero-order valence-corrected chi connectivity index (χ0v) is 14.5. The summed E-state index contributed by atoms with van der Waals surface area (Å²) in [5.41, 5.74) is 3.46. The van der Waals surface area contributed by atoms with Gasteiger partial charge in [-0.15, -0.1) is 0 Å². The molecule has 4 N–H and O–H groups in total. The number of amides is 1. The van der Waals surface area contributed by atoms with Crippen LogP contribution in [0.5, 0.6) is 0 Å². The quantitative estimate of drug-likeness (QED) is 0.540. The first kappa shape index (κ1) is 20.2. The van der Waals surface area contributed by atoms with Crippen LogP contribution in [0.15, 0.2) is 0 Å². The van der Waals surface area contributed by atoms with Gasteiger partial charge >= 0.3 is 6.09 Å². The summed E-state index contributed by atoms with van der Waals surface area (Å²) in [5.74, 6) is 0. The molecule has 126 valence electrons. The largest absolute Gasteiger partial charge is 0.444 e. The first-order valence-corrected chi connectivity index (χ1v) is 8.72. The molecule has 1 amide bonds. The molecule has 0 saturated carbocycles. The van der Waals surface area contributed by atoms with E-state index in [0.29, 0.717) is 0 Å². The second-order valence-electron chi connectivity index (χ2n) is 6.82. The van der Waals surface area contributed by atoms with E-state index in [0.717, 1.165) is 19.5 Å². The van der Waals surface area contributed by atoms with Crippen molar-refractivity contribution in [3.05, 3.63) is 0 Å². The van der Waals surface area contributed by atoms with Gasteiger partial charge in [-0.05, 0) is 40.0 Å². The molecule has 4 heteroatoms. The number of rotatable bonds is 12. The Bertz CT molecular complexity index is 250. The van der Waals surface area contributed by atoms with Crippen LogP contribution in [-0.4, -0.2) is 24.8 Å². The summed E-state index contributed by atoms with van der Waals surface area (Å²) in [7, 11) is 0. The average Bonchev–Trinajstić information content (AvgIpc) is 2.38. The maximum atomic E-state index is 11.4. The Morgan fingerprint density at radius 3 is 1.71 bits per heavy atom. The van der Waals surface area contributed by atoms with Crippen molar-refractivity contribution in [3.63, 3.8) is 0 Å². The molecule has 0 fully saturated rings. The standard InChI is InChI=1S/C17H36N2O2/c1-17(2,3)21-16(20)19-15-13-11-9-7-5-4-6-8-10-12-14-18/h4-15,18H2,1-3H3,(H,19,20)/p+1. The summed E-state index contributed by atoms with van der Waals surface area (Å²) in [6, 6.07) is 0. The topological polar surface area (TPSA) is 66.0 Å². The zero-order valence-electron chi connectivity index (χ0n) is 14.5. The molecule has 0 spiro atoms. The maximum Gasteiger partial charge on any atom is 0.407 e. The normalized spacial score (nSPS) is 11.4. The van der Waals surface area contributed by atoms with E-state index in [2.05, 4.69) is 11.1 Å². The van der Waals surface area contributed by atoms with Gasteiger partial charge in [-0.25, -0.2) is 4.79 Å². The van der Waals surface area contributed by atoms with Gasteiger partial charge in [-0.1, -0.05) is 44.9 Å². The molecule has 0 bridgehead atoms. The fourth-order valence-electron chi connectivity index (χ4n) is 2.22. The molecular weight excluding hydrogens is 264 g/mol. The number of nitrogens with one attached hydrogen (secondary N) is 1. The van der Waals surface area contributed by atoms with Crippen molar-refractivity contribution in [2.24, 2.45) is 0 Å². The molecule has 0 aromatic rings. The molecule has 0 heterocycles. The van der Waals surface area contributed by atoms with Crippen molar-refractivity contribution < 1.29 is 15.3 Å². The zero-order chi connectivity index (χ0) is 16.0. The van der Waals surface area contributed by atoms with Gasteiger partial charge in [0.15, 0.2) is 0 Å². The fraction of sp³-hybridized carbons (Fsp3) is 0.941. The van der Waals surface area contributed by atoms with Crippen molar-refractivity contribution in [2.45, 2.75) is 90.6 Å². The predicted octanol–water partition coefficient (Wildman–Crippen LogP) is 3.65. The van der Waals surface area contributed by atoms with E-state index >= 15 is 0 Å². The first-order chi connectivity index (χ1) is 9.95. The van der Waals surface area contributed by atoms with Crippen LogP contribution in [0, 0.1) is 0 Å². The minimum absolute atomic E-state index is 0.301. The van der Waals surface area contributed by atoms with Gasteiger partial charge in [0.2, 0.25) is 0 Å². The van der Waals surface area contributed by atoms with Gasteiger partial charge in [-0.2, -0.15) is 0 Å². The van der Waals surface area contributed by atoms with E-state index < -0.39 is 5.60 Å². The number of hydrogen-bond donors (Lipinski definition) is 2. The summed E-state index contributed by atoms with van der Waals surface area (Å²) in [6.07, 6.45) is 12.6. The Morgan fingerprint density at radius 1 is 0.857 bits per heavy atom. The molecule has 0 aliphatic rings. The summed E-state index contributed by atoms with van der Waals surface area (Å²) in [4.78, 5) is 11.4. The molecular formula is C17H37N2O2+. The van der Waals surface area contributed by atoms with Crippen LogP contribution >= 0.6 is 0 Å². The fourth-order valence-corrected chi connectivity index (χ4v) is 2.22. The molecule has 0 radical (unpaired) electrons. The third-order valence-corrected chi connectivity index (χ3v) is 3.34. The van der Waals surface area contributed by atoms with E-state index in [1.54, 1.807) is 0 Å². The van der Waals surface area contributed by atoms with Crippen molar-refractivity contribution >= 4 is 6.09 Å². The van der Waals surface area contributed by atoms with Crippen LogP contribution < -0.4 is 11.1 Å². The van der Waals surface area contributed by atoms with Crippen LogP contribution in [0.4, 0.5) is 4.79 Å². The number of unbranched alkanes of at least 4 members (excludes halogenated alkanes) is 9. The smallest absolute Gasteiger partial charge is 0.407 e. The average molecular weight is 301 g/mol. The van der Waals surface area contributed by atoms with Crippen molar-refractivity contribution in [3.8, 4) is 0 Å². The second-order valence-corrected chi connectivity index (χ2v) is 6.82. The lowest BCUT2D eigenvalue weighted by Crippen LogP contribution is -2.50. The summed E-state index contributed by atoms with van der Waals surface area (Å²) in [6.45, 7) is 7.44. The van der Waals surface area contributed by atoms with E-state index in [4.69, 9.17) is 4.74 Å². The summed E-state index contributed by atoms with van der Waals surface area (Å²) >= 11 is 0. The van der Waals surface area contributed by atoms with Crippen LogP contribution in [0.3, 0.4) is 0 Å². The molecule has 0 aromatic carbocycles. The number of quaternary nitrogens is 1. The van der Waals surface area contributed by atoms with E-state index in [1.807, 2.05) is 20.8 Å². The highest BCUT2D eigenvalue weighted by atomic mass is 16.6. The van der Waals surface area contributed by atoms with E-state index in [-0.39, 0.29) is 6.09 Å². The molecule has 4 nitrogen and oxygen atoms in total. The third-order valence-electron chi connectivity index (χ3n) is 3.34. The molecule has 0 saturated heterocycles. The first-order valence-electron chi connectivity index (χ1n) is 8.72. The highest BCUT2D eigenvalue weighted by molar-refractivity contribution is 5.67. The lowest BCUT2D eigenvalue weighted by atomic mass is 10.1. The van der Waals surface area contributed by atoms with Gasteiger partial charge in [0, 0.05) is 6.54 Å². The molecule has 0 unspecified atom stereocenters. The Hall–Kier alpha value is -0.770. The SMILES string of the molecule is CC(C)(C)OC(=O)NCCCCCCCCCCCC[NH3+]. The van der Waals surface area contributed by atoms with E-state index in [9.17, 15) is 4.79 Å². The van der Waals surface area contributed by atoms with Gasteiger partial charge in [0.05, 0.1) is 6.54 Å². The van der Waals surface area contributed by atoms with Gasteiger partial charge in [-0.3, -0.25) is 0 Å². The third kappa shape index (κ3) is 17.2. The Kier molecular flexibility index (Phi) is 12.5. The van der Waals surface area contributed by atoms with Gasteiger partial charge in [0.1, 0.15) is 5.60 Å². The minimum atomic E-state index is -0.405. The lowest BCUT2D eigenvalue weighted by molar-refractivity contribution is -0.368. The molecule has 21 heavy (non-hydrogen) atoms. The maximum absolute atomic E-state index is 11.4. The second kappa shape index (κ2) is 12.9. The molecule has 0 aromatic heterocycles. The van der Waals surface area contributed by atoms with Crippen LogP contribution in [0.25, 0.3) is 0 Å². The van der Waals surface area contributed by atoms with Gasteiger partial charge in [0.25, 0.3) is 0 Å². The highest BCUT2D eigenvalue weighted by Crippen LogP contribution is 2.10. The van der Waals surface area contributed by atoms with Crippen molar-refractivity contribution in [1.82, 2.24) is 5.32 Å². The Labute approximate surface area is 131 Å². The Balaban J connectivity index is 3.17. The minimum Gasteiger partial charge on any atom is -0.444 e. The number of carbonyl (C=O) groups excluding carboxylic acids is 1. The number of ether oxygens (including phenoxy) is 1. The monoisotopic (exact) mass is 301 g/mol. The molecule has 0 atom stereocenters. The number of alkyl carbamates (subject to hydrolysis) is 1. The van der Waals surface area contributed by atoms with Crippen molar-refractivity contribution in [2.75, 3.05) is 13.1 Å². The highest BCUT2D eigenvalue weighted by Gasteiger charge is 2.15. The Morgan fingerprint density at radius 2 is 1.29 bits per heavy atom. The van der Waals surface area contributed by atoms with Crippen LogP contribution in [0.1, 0.15) is 85.0 Å². The molecule has 0 rings (SSSR count). The summed E-state index contributed by atoms with van der Waals surface area (Å²) < 4.78 is 5.18. The predicted molar refractivity (Wildman–Crippen MR) is 88.2 cm³/mol. The van der Waals surface area contributed by atoms with E-state index in [1.165, 1.54) is 57.8 Å². The van der Waals surface area contributed by atoms with Gasteiger partial charge < -0.3 is 15.8 Å².